The Labute approximate surface area is 185 Å². The van der Waals surface area contributed by atoms with E-state index in [1.165, 1.54) is 19.2 Å². The van der Waals surface area contributed by atoms with E-state index in [0.717, 1.165) is 17.7 Å². The highest BCUT2D eigenvalue weighted by molar-refractivity contribution is 14.0. The summed E-state index contributed by atoms with van der Waals surface area (Å²) in [7, 11) is 1.48. The van der Waals surface area contributed by atoms with Crippen molar-refractivity contribution < 1.29 is 23.0 Å². The molecule has 0 aromatic heterocycles. The van der Waals surface area contributed by atoms with Crippen molar-refractivity contribution in [1.29, 1.82) is 0 Å². The first kappa shape index (κ1) is 24.9. The zero-order chi connectivity index (χ0) is 20.6. The van der Waals surface area contributed by atoms with Crippen molar-refractivity contribution in [2.75, 3.05) is 20.2 Å². The van der Waals surface area contributed by atoms with Gasteiger partial charge in [-0.15, -0.1) is 24.0 Å². The second-order valence-electron chi connectivity index (χ2n) is 6.03. The summed E-state index contributed by atoms with van der Waals surface area (Å²) in [5.74, 6) is 0.985. The molecule has 0 unspecified atom stereocenters. The number of phenolic OH excluding ortho intramolecular Hbond substituents is 1. The van der Waals surface area contributed by atoms with Gasteiger partial charge in [0.2, 0.25) is 0 Å². The average molecular weight is 523 g/mol. The van der Waals surface area contributed by atoms with Crippen LogP contribution in [0.4, 0.5) is 13.2 Å². The quantitative estimate of drug-likeness (QED) is 0.287. The Morgan fingerprint density at radius 1 is 1.10 bits per heavy atom. The lowest BCUT2D eigenvalue weighted by atomic mass is 10.1. The summed E-state index contributed by atoms with van der Waals surface area (Å²) in [5, 5.41) is 16.4. The molecule has 0 aliphatic rings. The first-order valence-corrected chi connectivity index (χ1v) is 8.88. The first-order chi connectivity index (χ1) is 13.3. The van der Waals surface area contributed by atoms with Gasteiger partial charge in [0.25, 0.3) is 0 Å². The molecule has 0 fully saturated rings. The molecule has 2 aromatic rings. The fraction of sp³-hybridized carbons (Fsp3) is 0.350. The highest BCUT2D eigenvalue weighted by Gasteiger charge is 2.29. The van der Waals surface area contributed by atoms with Crippen molar-refractivity contribution in [3.05, 3.63) is 59.2 Å². The number of benzene rings is 2. The molecule has 0 bridgehead atoms. The normalized spacial score (nSPS) is 11.6. The summed E-state index contributed by atoms with van der Waals surface area (Å²) in [6.45, 7) is 3.33. The molecule has 0 aliphatic heterocycles. The highest BCUT2D eigenvalue weighted by Crippen LogP contribution is 2.30. The van der Waals surface area contributed by atoms with E-state index in [1.54, 1.807) is 18.2 Å². The van der Waals surface area contributed by atoms with Gasteiger partial charge in [-0.2, -0.15) is 13.2 Å². The van der Waals surface area contributed by atoms with Gasteiger partial charge in [-0.05, 0) is 37.1 Å². The van der Waals surface area contributed by atoms with E-state index in [2.05, 4.69) is 15.6 Å². The maximum Gasteiger partial charge on any atom is 0.416 e. The van der Waals surface area contributed by atoms with Crippen molar-refractivity contribution in [2.24, 2.45) is 4.99 Å². The molecular formula is C20H25F3IN3O2. The minimum absolute atomic E-state index is 0. The fourth-order valence-corrected chi connectivity index (χ4v) is 2.55. The van der Waals surface area contributed by atoms with Gasteiger partial charge in [0, 0.05) is 18.7 Å². The first-order valence-electron chi connectivity index (χ1n) is 8.88. The molecule has 3 N–H and O–H groups in total. The number of halogens is 4. The number of phenols is 1. The van der Waals surface area contributed by atoms with Gasteiger partial charge in [0.05, 0.1) is 19.2 Å². The monoisotopic (exact) mass is 523 g/mol. The number of methoxy groups -OCH3 is 1. The van der Waals surface area contributed by atoms with Gasteiger partial charge in [0.1, 0.15) is 0 Å². The van der Waals surface area contributed by atoms with Gasteiger partial charge < -0.3 is 20.5 Å². The second kappa shape index (κ2) is 11.7. The molecule has 2 aromatic carbocycles. The maximum absolute atomic E-state index is 12.6. The average Bonchev–Trinajstić information content (AvgIpc) is 2.66. The predicted octanol–water partition coefficient (Wildman–Crippen LogP) is 4.34. The molecule has 0 amide bonds. The maximum atomic E-state index is 12.6. The molecule has 0 aliphatic carbocycles. The molecule has 0 atom stereocenters. The number of guanidine groups is 1. The third kappa shape index (κ3) is 7.64. The van der Waals surface area contributed by atoms with E-state index in [1.807, 2.05) is 6.92 Å². The number of ether oxygens (including phenoxy) is 1. The van der Waals surface area contributed by atoms with E-state index >= 15 is 0 Å². The Balaban J connectivity index is 0.00000420. The summed E-state index contributed by atoms with van der Waals surface area (Å²) in [6, 6.07) is 10.3. The molecule has 0 heterocycles. The zero-order valence-electron chi connectivity index (χ0n) is 16.2. The molecule has 29 heavy (non-hydrogen) atoms. The number of nitrogens with zero attached hydrogens (tertiary/aromatic N) is 1. The summed E-state index contributed by atoms with van der Waals surface area (Å²) >= 11 is 0. The van der Waals surface area contributed by atoms with Crippen LogP contribution in [0, 0.1) is 0 Å². The van der Waals surface area contributed by atoms with Crippen molar-refractivity contribution in [2.45, 2.75) is 26.1 Å². The summed E-state index contributed by atoms with van der Waals surface area (Å²) in [6.07, 6.45) is -3.78. The minimum atomic E-state index is -4.33. The van der Waals surface area contributed by atoms with Crippen LogP contribution in [0.3, 0.4) is 0 Å². The van der Waals surface area contributed by atoms with Crippen LogP contribution >= 0.6 is 24.0 Å². The van der Waals surface area contributed by atoms with Crippen LogP contribution in [0.1, 0.15) is 23.6 Å². The third-order valence-electron chi connectivity index (χ3n) is 4.04. The number of hydrogen-bond donors (Lipinski definition) is 3. The minimum Gasteiger partial charge on any atom is -0.504 e. The van der Waals surface area contributed by atoms with Crippen LogP contribution in [-0.2, 0) is 19.1 Å². The van der Waals surface area contributed by atoms with Gasteiger partial charge in [-0.3, -0.25) is 0 Å². The van der Waals surface area contributed by atoms with Crippen LogP contribution in [0.5, 0.6) is 11.5 Å². The Bertz CT molecular complexity index is 797. The molecular weight excluding hydrogens is 498 g/mol. The molecule has 9 heteroatoms. The summed E-state index contributed by atoms with van der Waals surface area (Å²) in [4.78, 5) is 4.43. The van der Waals surface area contributed by atoms with E-state index in [-0.39, 0.29) is 36.3 Å². The number of aliphatic imine (C=N–C) groups is 1. The van der Waals surface area contributed by atoms with Crippen LogP contribution < -0.4 is 15.4 Å². The summed E-state index contributed by atoms with van der Waals surface area (Å²) in [5.41, 5.74) is 0.762. The van der Waals surface area contributed by atoms with E-state index in [4.69, 9.17) is 4.74 Å². The third-order valence-corrected chi connectivity index (χ3v) is 4.04. The Hall–Kier alpha value is -2.17. The number of hydrogen-bond acceptors (Lipinski definition) is 3. The Kier molecular flexibility index (Phi) is 10.1. The molecule has 0 radical (unpaired) electrons. The lowest BCUT2D eigenvalue weighted by molar-refractivity contribution is -0.137. The van der Waals surface area contributed by atoms with Gasteiger partial charge in [-0.25, -0.2) is 4.99 Å². The lowest BCUT2D eigenvalue weighted by Crippen LogP contribution is -2.38. The number of rotatable bonds is 7. The summed E-state index contributed by atoms with van der Waals surface area (Å²) < 4.78 is 42.9. The smallest absolute Gasteiger partial charge is 0.416 e. The van der Waals surface area contributed by atoms with Crippen LogP contribution in [-0.4, -0.2) is 31.3 Å². The highest BCUT2D eigenvalue weighted by atomic mass is 127. The SMILES string of the molecule is CCNC(=NCc1cccc(OC)c1O)NCCc1ccc(C(F)(F)F)cc1.I. The van der Waals surface area contributed by atoms with Crippen molar-refractivity contribution in [3.8, 4) is 11.5 Å². The van der Waals surface area contributed by atoms with Crippen LogP contribution in [0.25, 0.3) is 0 Å². The molecule has 2 rings (SSSR count). The molecule has 160 valence electrons. The number of nitrogens with one attached hydrogen (secondary N) is 2. The van der Waals surface area contributed by atoms with Crippen molar-refractivity contribution in [1.82, 2.24) is 10.6 Å². The number of aromatic hydroxyl groups is 1. The molecule has 0 saturated carbocycles. The standard InChI is InChI=1S/C20H24F3N3O2.HI/c1-3-24-19(26-13-15-5-4-6-17(28-2)18(15)27)25-12-11-14-7-9-16(10-8-14)20(21,22)23;/h4-10,27H,3,11-13H2,1-2H3,(H2,24,25,26);1H. The Morgan fingerprint density at radius 3 is 2.38 bits per heavy atom. The van der Waals surface area contributed by atoms with Crippen molar-refractivity contribution in [3.63, 3.8) is 0 Å². The van der Waals surface area contributed by atoms with Gasteiger partial charge in [-0.1, -0.05) is 24.3 Å². The fourth-order valence-electron chi connectivity index (χ4n) is 2.55. The predicted molar refractivity (Wildman–Crippen MR) is 118 cm³/mol. The van der Waals surface area contributed by atoms with Crippen LogP contribution in [0.15, 0.2) is 47.5 Å². The molecule has 0 spiro atoms. The number of para-hydroxylation sites is 1. The van der Waals surface area contributed by atoms with Crippen molar-refractivity contribution >= 4 is 29.9 Å². The van der Waals surface area contributed by atoms with E-state index in [0.29, 0.717) is 36.8 Å². The Morgan fingerprint density at radius 2 is 1.79 bits per heavy atom. The topological polar surface area (TPSA) is 65.9 Å². The zero-order valence-corrected chi connectivity index (χ0v) is 18.5. The van der Waals surface area contributed by atoms with E-state index in [9.17, 15) is 18.3 Å². The van der Waals surface area contributed by atoms with Gasteiger partial charge in [0.15, 0.2) is 17.5 Å². The second-order valence-corrected chi connectivity index (χ2v) is 6.03. The van der Waals surface area contributed by atoms with Gasteiger partial charge >= 0.3 is 6.18 Å². The van der Waals surface area contributed by atoms with E-state index < -0.39 is 11.7 Å². The lowest BCUT2D eigenvalue weighted by Gasteiger charge is -2.12. The number of alkyl halides is 3. The molecule has 5 nitrogen and oxygen atoms in total. The largest absolute Gasteiger partial charge is 0.504 e. The van der Waals surface area contributed by atoms with Crippen LogP contribution in [0.2, 0.25) is 0 Å². The molecule has 0 saturated heterocycles.